The van der Waals surface area contributed by atoms with Gasteiger partial charge in [-0.05, 0) is 24.5 Å². The highest BCUT2D eigenvalue weighted by molar-refractivity contribution is 5.89. The summed E-state index contributed by atoms with van der Waals surface area (Å²) in [5.41, 5.74) is 1.38. The Morgan fingerprint density at radius 1 is 1.09 bits per heavy atom. The zero-order valence-corrected chi connectivity index (χ0v) is 17.2. The highest BCUT2D eigenvalue weighted by Gasteiger charge is 2.45. The van der Waals surface area contributed by atoms with Crippen LogP contribution in [0.3, 0.4) is 0 Å². The molecule has 1 aliphatic heterocycles. The number of nitrogens with one attached hydrogen (secondary N) is 1. The number of hydrogen-bond acceptors (Lipinski definition) is 5. The molecule has 3 aromatic rings. The predicted molar refractivity (Wildman–Crippen MR) is 114 cm³/mol. The quantitative estimate of drug-likeness (QED) is 0.600. The Morgan fingerprint density at radius 2 is 1.88 bits per heavy atom. The molecule has 2 N–H and O–H groups in total. The smallest absolute Gasteiger partial charge is 0.371 e. The first-order chi connectivity index (χ1) is 15.3. The van der Waals surface area contributed by atoms with Crippen molar-refractivity contribution in [1.82, 2.24) is 20.1 Å². The molecule has 0 bridgehead atoms. The molecule has 2 heterocycles. The maximum Gasteiger partial charge on any atom is 0.416 e. The molecule has 0 saturated heterocycles. The van der Waals surface area contributed by atoms with E-state index in [9.17, 15) is 18.3 Å². The highest BCUT2D eigenvalue weighted by Crippen LogP contribution is 2.48. The summed E-state index contributed by atoms with van der Waals surface area (Å²) < 4.78 is 40.6. The third kappa shape index (κ3) is 4.05. The van der Waals surface area contributed by atoms with Crippen LogP contribution < -0.4 is 5.32 Å². The number of alkyl halides is 3. The Morgan fingerprint density at radius 3 is 2.59 bits per heavy atom. The molecule has 0 amide bonds. The maximum atomic E-state index is 13.1. The van der Waals surface area contributed by atoms with Crippen LogP contribution in [0.4, 0.5) is 19.1 Å². The fraction of sp³-hybridized carbons (Fsp3) is 0.348. The SMILES string of the molecule is OC1CC(CNCC2(c3cccc(C(F)(F)F)c3)CC2)=Nc2nc(-c3ccccc3)nn21. The Balaban J connectivity index is 1.27. The van der Waals surface area contributed by atoms with E-state index in [-0.39, 0.29) is 5.41 Å². The molecule has 1 unspecified atom stereocenters. The predicted octanol–water partition coefficient (Wildman–Crippen LogP) is 4.25. The van der Waals surface area contributed by atoms with Gasteiger partial charge in [-0.15, -0.1) is 5.10 Å². The fourth-order valence-electron chi connectivity index (χ4n) is 4.09. The van der Waals surface area contributed by atoms with E-state index in [1.807, 2.05) is 30.3 Å². The standard InChI is InChI=1S/C23H22F3N5O/c24-23(25,26)17-8-4-7-16(11-17)22(9-10-22)14-27-13-18-12-19(32)31-21(28-18)29-20(30-31)15-5-2-1-3-6-15/h1-8,11,19,27,32H,9-10,12-14H2. The van der Waals surface area contributed by atoms with Crippen LogP contribution >= 0.6 is 0 Å². The molecular weight excluding hydrogens is 419 g/mol. The second kappa shape index (κ2) is 7.83. The number of halogens is 3. The van der Waals surface area contributed by atoms with Gasteiger partial charge in [-0.1, -0.05) is 48.5 Å². The minimum absolute atomic E-state index is 0.282. The molecule has 1 saturated carbocycles. The Labute approximate surface area is 182 Å². The van der Waals surface area contributed by atoms with Crippen molar-refractivity contribution in [1.29, 1.82) is 0 Å². The van der Waals surface area contributed by atoms with Crippen molar-refractivity contribution in [2.24, 2.45) is 4.99 Å². The molecule has 6 nitrogen and oxygen atoms in total. The summed E-state index contributed by atoms with van der Waals surface area (Å²) in [6, 6.07) is 15.1. The number of aliphatic imine (C=N–C) groups is 1. The van der Waals surface area contributed by atoms with E-state index in [1.54, 1.807) is 6.07 Å². The Bertz CT molecular complexity index is 1150. The van der Waals surface area contributed by atoms with Crippen molar-refractivity contribution in [2.45, 2.75) is 37.1 Å². The van der Waals surface area contributed by atoms with Gasteiger partial charge in [-0.3, -0.25) is 0 Å². The second-order valence-electron chi connectivity index (χ2n) is 8.37. The minimum Gasteiger partial charge on any atom is -0.371 e. The van der Waals surface area contributed by atoms with Gasteiger partial charge < -0.3 is 10.4 Å². The number of aliphatic hydroxyl groups excluding tert-OH is 1. The van der Waals surface area contributed by atoms with E-state index in [4.69, 9.17) is 0 Å². The van der Waals surface area contributed by atoms with Crippen molar-refractivity contribution in [3.8, 4) is 11.4 Å². The van der Waals surface area contributed by atoms with Gasteiger partial charge in [0.15, 0.2) is 12.1 Å². The number of rotatable bonds is 6. The fourth-order valence-corrected chi connectivity index (χ4v) is 4.09. The molecule has 1 atom stereocenters. The van der Waals surface area contributed by atoms with E-state index in [0.29, 0.717) is 36.8 Å². The third-order valence-electron chi connectivity index (χ3n) is 6.05. The number of fused-ring (bicyclic) bond motifs is 1. The average Bonchev–Trinajstić information content (AvgIpc) is 3.44. The van der Waals surface area contributed by atoms with E-state index >= 15 is 0 Å². The van der Waals surface area contributed by atoms with Gasteiger partial charge >= 0.3 is 6.18 Å². The summed E-state index contributed by atoms with van der Waals surface area (Å²) in [6.45, 7) is 0.969. The Hall–Kier alpha value is -3.04. The van der Waals surface area contributed by atoms with Gasteiger partial charge in [0.1, 0.15) is 0 Å². The van der Waals surface area contributed by atoms with Crippen LogP contribution in [0.2, 0.25) is 0 Å². The number of nitrogens with zero attached hydrogens (tertiary/aromatic N) is 4. The monoisotopic (exact) mass is 441 g/mol. The molecule has 0 spiro atoms. The molecule has 5 rings (SSSR count). The lowest BCUT2D eigenvalue weighted by atomic mass is 9.94. The van der Waals surface area contributed by atoms with Crippen LogP contribution in [-0.4, -0.2) is 38.7 Å². The average molecular weight is 441 g/mol. The summed E-state index contributed by atoms with van der Waals surface area (Å²) in [7, 11) is 0. The molecule has 0 radical (unpaired) electrons. The molecule has 1 aromatic heterocycles. The first-order valence-electron chi connectivity index (χ1n) is 10.5. The van der Waals surface area contributed by atoms with Crippen LogP contribution in [0.15, 0.2) is 59.6 Å². The summed E-state index contributed by atoms with van der Waals surface area (Å²) >= 11 is 0. The van der Waals surface area contributed by atoms with Gasteiger partial charge in [0.25, 0.3) is 5.95 Å². The molecule has 1 aliphatic carbocycles. The first kappa shape index (κ1) is 20.8. The van der Waals surface area contributed by atoms with Crippen LogP contribution in [-0.2, 0) is 11.6 Å². The van der Waals surface area contributed by atoms with Crippen molar-refractivity contribution >= 4 is 11.7 Å². The molecule has 32 heavy (non-hydrogen) atoms. The summed E-state index contributed by atoms with van der Waals surface area (Å²) in [6.07, 6.45) is -3.21. The van der Waals surface area contributed by atoms with Gasteiger partial charge in [0.05, 0.1) is 5.56 Å². The van der Waals surface area contributed by atoms with Gasteiger partial charge in [0, 0.05) is 36.2 Å². The number of aromatic nitrogens is 3. The lowest BCUT2D eigenvalue weighted by Crippen LogP contribution is -2.33. The normalized spacial score (nSPS) is 19.4. The largest absolute Gasteiger partial charge is 0.416 e. The zero-order valence-electron chi connectivity index (χ0n) is 17.2. The van der Waals surface area contributed by atoms with Crippen LogP contribution in [0.25, 0.3) is 11.4 Å². The van der Waals surface area contributed by atoms with E-state index in [1.165, 1.54) is 16.8 Å². The van der Waals surface area contributed by atoms with Crippen molar-refractivity contribution < 1.29 is 18.3 Å². The number of hydrogen-bond donors (Lipinski definition) is 2. The minimum atomic E-state index is -4.35. The summed E-state index contributed by atoms with van der Waals surface area (Å²) in [5, 5.41) is 18.2. The van der Waals surface area contributed by atoms with Crippen molar-refractivity contribution in [2.75, 3.05) is 13.1 Å². The molecule has 9 heteroatoms. The molecule has 2 aromatic carbocycles. The van der Waals surface area contributed by atoms with Gasteiger partial charge in [-0.25, -0.2) is 9.67 Å². The van der Waals surface area contributed by atoms with Crippen LogP contribution in [0.5, 0.6) is 0 Å². The van der Waals surface area contributed by atoms with Crippen molar-refractivity contribution in [3.05, 3.63) is 65.7 Å². The molecule has 166 valence electrons. The Kier molecular flexibility index (Phi) is 5.10. The van der Waals surface area contributed by atoms with E-state index < -0.39 is 18.0 Å². The molecular formula is C23H22F3N5O. The van der Waals surface area contributed by atoms with Gasteiger partial charge in [0.2, 0.25) is 0 Å². The number of aliphatic hydroxyl groups is 1. The van der Waals surface area contributed by atoms with Crippen LogP contribution in [0.1, 0.15) is 36.6 Å². The summed E-state index contributed by atoms with van der Waals surface area (Å²) in [4.78, 5) is 8.98. The lowest BCUT2D eigenvalue weighted by molar-refractivity contribution is -0.137. The van der Waals surface area contributed by atoms with E-state index in [0.717, 1.165) is 30.2 Å². The highest BCUT2D eigenvalue weighted by atomic mass is 19.4. The zero-order chi connectivity index (χ0) is 22.3. The van der Waals surface area contributed by atoms with Crippen molar-refractivity contribution in [3.63, 3.8) is 0 Å². The summed E-state index contributed by atoms with van der Waals surface area (Å²) in [5.74, 6) is 0.845. The molecule has 1 fully saturated rings. The first-order valence-corrected chi connectivity index (χ1v) is 10.5. The second-order valence-corrected chi connectivity index (χ2v) is 8.37. The topological polar surface area (TPSA) is 75.3 Å². The van der Waals surface area contributed by atoms with E-state index in [2.05, 4.69) is 20.4 Å². The molecule has 2 aliphatic rings. The van der Waals surface area contributed by atoms with Crippen LogP contribution in [0, 0.1) is 0 Å². The van der Waals surface area contributed by atoms with Gasteiger partial charge in [-0.2, -0.15) is 18.2 Å². The lowest BCUT2D eigenvalue weighted by Gasteiger charge is -2.21. The number of benzene rings is 2. The third-order valence-corrected chi connectivity index (χ3v) is 6.05. The maximum absolute atomic E-state index is 13.1.